The number of aliphatic hydroxyl groups excluding tert-OH is 2. The van der Waals surface area contributed by atoms with Crippen molar-refractivity contribution in [1.29, 1.82) is 0 Å². The number of aliphatic hydroxyl groups is 3. The molecule has 0 heterocycles. The van der Waals surface area contributed by atoms with E-state index in [1.54, 1.807) is 0 Å². The summed E-state index contributed by atoms with van der Waals surface area (Å²) in [6, 6.07) is 0. The van der Waals surface area contributed by atoms with Gasteiger partial charge in [0.25, 0.3) is 10.1 Å². The Kier molecular flexibility index (Phi) is 6.26. The molecule has 33 heavy (non-hydrogen) atoms. The van der Waals surface area contributed by atoms with Gasteiger partial charge in [0.05, 0.1) is 12.2 Å². The molecule has 0 aromatic heterocycles. The van der Waals surface area contributed by atoms with Crippen LogP contribution in [0.5, 0.6) is 0 Å². The smallest absolute Gasteiger partial charge is 0.303 e. The Morgan fingerprint density at radius 1 is 1.09 bits per heavy atom. The van der Waals surface area contributed by atoms with Gasteiger partial charge >= 0.3 is 5.97 Å². The number of fused-ring (bicyclic) bond motifs is 5. The molecular formula is C24H40O8S. The zero-order valence-corrected chi connectivity index (χ0v) is 20.7. The third-order valence-corrected chi connectivity index (χ3v) is 12.1. The van der Waals surface area contributed by atoms with E-state index in [2.05, 4.69) is 6.92 Å². The van der Waals surface area contributed by atoms with Crippen LogP contribution in [0.15, 0.2) is 0 Å². The predicted molar refractivity (Wildman–Crippen MR) is 121 cm³/mol. The average molecular weight is 489 g/mol. The second kappa shape index (κ2) is 8.15. The Bertz CT molecular complexity index is 891. The molecular weight excluding hydrogens is 448 g/mol. The van der Waals surface area contributed by atoms with Gasteiger partial charge in [0.1, 0.15) is 0 Å². The first kappa shape index (κ1) is 25.4. The molecule has 0 aliphatic heterocycles. The molecule has 11 unspecified atom stereocenters. The number of carboxylic acids is 1. The summed E-state index contributed by atoms with van der Waals surface area (Å²) in [4.78, 5) is 8.81. The van der Waals surface area contributed by atoms with Crippen molar-refractivity contribution in [2.24, 2.45) is 46.3 Å². The lowest BCUT2D eigenvalue weighted by molar-refractivity contribution is -0.219. The molecule has 4 aliphatic carbocycles. The molecule has 0 bridgehead atoms. The van der Waals surface area contributed by atoms with E-state index in [1.807, 2.05) is 13.8 Å². The van der Waals surface area contributed by atoms with E-state index in [1.165, 1.54) is 0 Å². The molecule has 9 heteroatoms. The van der Waals surface area contributed by atoms with Crippen molar-refractivity contribution >= 4 is 16.1 Å². The first-order chi connectivity index (χ1) is 15.2. The summed E-state index contributed by atoms with van der Waals surface area (Å²) in [5.41, 5.74) is -1.01. The van der Waals surface area contributed by atoms with Crippen LogP contribution in [0, 0.1) is 46.3 Å². The lowest BCUT2D eigenvalue weighted by atomic mass is 9.43. The fourth-order valence-electron chi connectivity index (χ4n) is 8.96. The van der Waals surface area contributed by atoms with Gasteiger partial charge in [-0.1, -0.05) is 20.8 Å². The number of aliphatic carboxylic acids is 1. The van der Waals surface area contributed by atoms with Crippen molar-refractivity contribution in [3.63, 3.8) is 0 Å². The quantitative estimate of drug-likeness (QED) is 0.370. The number of rotatable bonds is 5. The third-order valence-electron chi connectivity index (χ3n) is 10.8. The maximum atomic E-state index is 12.7. The summed E-state index contributed by atoms with van der Waals surface area (Å²) in [7, 11) is -4.82. The third kappa shape index (κ3) is 3.68. The molecule has 0 aromatic rings. The fourth-order valence-corrected chi connectivity index (χ4v) is 10.0. The second-order valence-electron chi connectivity index (χ2n) is 12.1. The second-order valence-corrected chi connectivity index (χ2v) is 13.8. The van der Waals surface area contributed by atoms with Gasteiger partial charge in [-0.3, -0.25) is 9.35 Å². The Morgan fingerprint density at radius 3 is 2.36 bits per heavy atom. The Hall–Kier alpha value is -0.740. The van der Waals surface area contributed by atoms with Crippen LogP contribution < -0.4 is 0 Å². The highest BCUT2D eigenvalue weighted by Gasteiger charge is 2.71. The first-order valence-corrected chi connectivity index (χ1v) is 13.9. The van der Waals surface area contributed by atoms with Crippen LogP contribution in [-0.4, -0.2) is 56.5 Å². The summed E-state index contributed by atoms with van der Waals surface area (Å²) in [6.45, 7) is 6.06. The Morgan fingerprint density at radius 2 is 1.76 bits per heavy atom. The molecule has 0 saturated heterocycles. The minimum Gasteiger partial charge on any atom is -0.481 e. The van der Waals surface area contributed by atoms with Gasteiger partial charge in [0.2, 0.25) is 0 Å². The van der Waals surface area contributed by atoms with Gasteiger partial charge in [0, 0.05) is 12.3 Å². The summed E-state index contributed by atoms with van der Waals surface area (Å²) in [5, 5.41) is 42.7. The molecule has 0 amide bonds. The molecule has 4 saturated carbocycles. The topological polar surface area (TPSA) is 152 Å². The van der Waals surface area contributed by atoms with Gasteiger partial charge in [0.15, 0.2) is 4.93 Å². The van der Waals surface area contributed by atoms with Crippen molar-refractivity contribution in [1.82, 2.24) is 0 Å². The summed E-state index contributed by atoms with van der Waals surface area (Å²) < 4.78 is 35.7. The molecule has 190 valence electrons. The number of hydrogen-bond donors (Lipinski definition) is 5. The minimum atomic E-state index is -4.82. The molecule has 0 radical (unpaired) electrons. The maximum absolute atomic E-state index is 12.7. The van der Waals surface area contributed by atoms with E-state index in [-0.39, 0.29) is 47.8 Å². The minimum absolute atomic E-state index is 0.00199. The highest BCUT2D eigenvalue weighted by Crippen LogP contribution is 2.70. The molecule has 0 spiro atoms. The lowest BCUT2D eigenvalue weighted by Gasteiger charge is -2.65. The summed E-state index contributed by atoms with van der Waals surface area (Å²) in [6.07, 6.45) is 2.49. The molecule has 8 nitrogen and oxygen atoms in total. The summed E-state index contributed by atoms with van der Waals surface area (Å²) in [5.74, 6) is -2.42. The zero-order chi connectivity index (χ0) is 24.6. The zero-order valence-electron chi connectivity index (χ0n) is 19.9. The van der Waals surface area contributed by atoms with Gasteiger partial charge in [-0.25, -0.2) is 0 Å². The molecule has 4 fully saturated rings. The largest absolute Gasteiger partial charge is 0.481 e. The monoisotopic (exact) mass is 488 g/mol. The van der Waals surface area contributed by atoms with E-state index >= 15 is 0 Å². The normalized spacial score (nSPS) is 50.7. The SMILES string of the molecule is CC(CCC(=O)O)C1CCC2C3C(CC(O)C12C)C1(C)CCC(O)CC1CC3(O)S(=O)(=O)O. The summed E-state index contributed by atoms with van der Waals surface area (Å²) >= 11 is 0. The van der Waals surface area contributed by atoms with Gasteiger partial charge in [-0.2, -0.15) is 8.42 Å². The van der Waals surface area contributed by atoms with Crippen LogP contribution in [0.3, 0.4) is 0 Å². The molecule has 4 aliphatic rings. The number of hydrogen-bond acceptors (Lipinski definition) is 6. The fraction of sp³-hybridized carbons (Fsp3) is 0.958. The first-order valence-electron chi connectivity index (χ1n) is 12.4. The van der Waals surface area contributed by atoms with Crippen molar-refractivity contribution in [2.45, 2.75) is 95.7 Å². The van der Waals surface area contributed by atoms with Crippen LogP contribution in [0.2, 0.25) is 0 Å². The van der Waals surface area contributed by atoms with Gasteiger partial charge in [-0.15, -0.1) is 0 Å². The van der Waals surface area contributed by atoms with Gasteiger partial charge in [-0.05, 0) is 91.8 Å². The van der Waals surface area contributed by atoms with E-state index in [9.17, 15) is 33.1 Å². The van der Waals surface area contributed by atoms with E-state index in [4.69, 9.17) is 5.11 Å². The van der Waals surface area contributed by atoms with Gasteiger partial charge < -0.3 is 20.4 Å². The molecule has 11 atom stereocenters. The molecule has 5 N–H and O–H groups in total. The van der Waals surface area contributed by atoms with Crippen molar-refractivity contribution in [3.05, 3.63) is 0 Å². The van der Waals surface area contributed by atoms with Crippen molar-refractivity contribution < 1.29 is 38.2 Å². The van der Waals surface area contributed by atoms with Crippen molar-refractivity contribution in [3.8, 4) is 0 Å². The van der Waals surface area contributed by atoms with Crippen LogP contribution >= 0.6 is 0 Å². The highest BCUT2D eigenvalue weighted by atomic mass is 32.2. The van der Waals surface area contributed by atoms with E-state index < -0.39 is 44.6 Å². The number of carboxylic acid groups (broad SMARTS) is 1. The maximum Gasteiger partial charge on any atom is 0.303 e. The van der Waals surface area contributed by atoms with Crippen molar-refractivity contribution in [2.75, 3.05) is 0 Å². The Balaban J connectivity index is 1.76. The predicted octanol–water partition coefficient (Wildman–Crippen LogP) is 2.66. The van der Waals surface area contributed by atoms with Crippen LogP contribution in [-0.2, 0) is 14.9 Å². The van der Waals surface area contributed by atoms with Crippen LogP contribution in [0.4, 0.5) is 0 Å². The van der Waals surface area contributed by atoms with E-state index in [0.717, 1.165) is 6.42 Å². The lowest BCUT2D eigenvalue weighted by Crippen LogP contribution is -2.68. The molecule has 0 aromatic carbocycles. The van der Waals surface area contributed by atoms with Crippen LogP contribution in [0.25, 0.3) is 0 Å². The molecule has 4 rings (SSSR count). The van der Waals surface area contributed by atoms with E-state index in [0.29, 0.717) is 38.5 Å². The Labute approximate surface area is 196 Å². The average Bonchev–Trinajstić information content (AvgIpc) is 3.06. The standard InChI is InChI=1S/C24H40O8S/c1-13(4-7-20(27)28)16-5-6-17-21-18(11-19(26)23(16,17)3)22(2)9-8-15(25)10-14(22)12-24(21,29)33(30,31)32/h13-19,21,25-26,29H,4-12H2,1-3H3,(H,27,28)(H,30,31,32). The highest BCUT2D eigenvalue weighted by molar-refractivity contribution is 7.87. The van der Waals surface area contributed by atoms with Crippen LogP contribution in [0.1, 0.15) is 78.6 Å². The number of carbonyl (C=O) groups is 1.